The van der Waals surface area contributed by atoms with Gasteiger partial charge in [0.05, 0.1) is 32.5 Å². The van der Waals surface area contributed by atoms with Crippen LogP contribution in [0.5, 0.6) is 5.75 Å². The van der Waals surface area contributed by atoms with Crippen molar-refractivity contribution in [2.75, 3.05) is 40.1 Å². The summed E-state index contributed by atoms with van der Waals surface area (Å²) >= 11 is 0. The maximum Gasteiger partial charge on any atom is 0.124 e. The van der Waals surface area contributed by atoms with Gasteiger partial charge in [0, 0.05) is 12.7 Å². The van der Waals surface area contributed by atoms with Crippen molar-refractivity contribution >= 4 is 0 Å². The van der Waals surface area contributed by atoms with Crippen LogP contribution in [-0.4, -0.2) is 46.2 Å². The summed E-state index contributed by atoms with van der Waals surface area (Å²) in [5, 5.41) is 0. The first-order valence-corrected chi connectivity index (χ1v) is 6.48. The Morgan fingerprint density at radius 3 is 2.89 bits per heavy atom. The molecule has 5 heteroatoms. The van der Waals surface area contributed by atoms with Crippen LogP contribution in [-0.2, 0) is 14.2 Å². The van der Waals surface area contributed by atoms with E-state index in [2.05, 4.69) is 0 Å². The van der Waals surface area contributed by atoms with E-state index in [1.807, 2.05) is 24.3 Å². The summed E-state index contributed by atoms with van der Waals surface area (Å²) in [4.78, 5) is 0. The highest BCUT2D eigenvalue weighted by molar-refractivity contribution is 5.36. The summed E-state index contributed by atoms with van der Waals surface area (Å²) in [6.45, 7) is 2.79. The van der Waals surface area contributed by atoms with Crippen molar-refractivity contribution in [3.63, 3.8) is 0 Å². The van der Waals surface area contributed by atoms with Crippen molar-refractivity contribution in [1.82, 2.24) is 0 Å². The van der Waals surface area contributed by atoms with Crippen molar-refractivity contribution in [3.05, 3.63) is 29.8 Å². The van der Waals surface area contributed by atoms with Crippen LogP contribution in [0.2, 0.25) is 0 Å². The molecular weight excluding hydrogens is 246 g/mol. The number of hydrogen-bond acceptors (Lipinski definition) is 5. The quantitative estimate of drug-likeness (QED) is 0.783. The molecule has 1 saturated heterocycles. The number of nitrogens with two attached hydrogens (primary N) is 1. The molecule has 0 aromatic heterocycles. The zero-order valence-electron chi connectivity index (χ0n) is 11.2. The van der Waals surface area contributed by atoms with E-state index in [0.29, 0.717) is 33.0 Å². The van der Waals surface area contributed by atoms with E-state index < -0.39 is 0 Å². The number of para-hydroxylation sites is 1. The first-order valence-electron chi connectivity index (χ1n) is 6.48. The topological polar surface area (TPSA) is 62.9 Å². The molecule has 2 rings (SSSR count). The van der Waals surface area contributed by atoms with Crippen molar-refractivity contribution < 1.29 is 18.9 Å². The molecule has 5 nitrogen and oxygen atoms in total. The Labute approximate surface area is 113 Å². The lowest BCUT2D eigenvalue weighted by Gasteiger charge is -2.29. The second-order valence-corrected chi connectivity index (χ2v) is 4.39. The monoisotopic (exact) mass is 267 g/mol. The summed E-state index contributed by atoms with van der Waals surface area (Å²) in [6.07, 6.45) is -0.124. The van der Waals surface area contributed by atoms with Crippen molar-refractivity contribution in [2.45, 2.75) is 12.1 Å². The summed E-state index contributed by atoms with van der Waals surface area (Å²) in [5.74, 6) is 0.779. The molecular formula is C14H21NO4. The predicted octanol–water partition coefficient (Wildman–Crippen LogP) is 1.13. The van der Waals surface area contributed by atoms with E-state index in [9.17, 15) is 0 Å². The minimum Gasteiger partial charge on any atom is -0.491 e. The molecule has 0 amide bonds. The van der Waals surface area contributed by atoms with E-state index in [1.54, 1.807) is 7.11 Å². The van der Waals surface area contributed by atoms with Gasteiger partial charge in [-0.2, -0.15) is 0 Å². The Hall–Kier alpha value is -1.14. The van der Waals surface area contributed by atoms with Crippen LogP contribution < -0.4 is 10.5 Å². The van der Waals surface area contributed by atoms with Crippen LogP contribution in [0.15, 0.2) is 24.3 Å². The highest BCUT2D eigenvalue weighted by Crippen LogP contribution is 2.27. The highest BCUT2D eigenvalue weighted by atomic mass is 16.6. The van der Waals surface area contributed by atoms with Gasteiger partial charge >= 0.3 is 0 Å². The van der Waals surface area contributed by atoms with Crippen molar-refractivity contribution in [2.24, 2.45) is 5.73 Å². The Kier molecular flexibility index (Phi) is 5.60. The Bertz CT molecular complexity index is 379. The molecule has 0 saturated carbocycles. The molecule has 0 aliphatic carbocycles. The van der Waals surface area contributed by atoms with E-state index in [1.165, 1.54) is 0 Å². The van der Waals surface area contributed by atoms with Crippen LogP contribution in [0.1, 0.15) is 11.6 Å². The minimum atomic E-state index is -0.251. The van der Waals surface area contributed by atoms with Crippen molar-refractivity contribution in [1.29, 1.82) is 0 Å². The Balaban J connectivity index is 2.04. The SMILES string of the molecule is COCCOc1ccccc1C(N)C1COCCO1. The Morgan fingerprint density at radius 1 is 1.32 bits per heavy atom. The van der Waals surface area contributed by atoms with Gasteiger partial charge in [0.25, 0.3) is 0 Å². The minimum absolute atomic E-state index is 0.124. The summed E-state index contributed by atoms with van der Waals surface area (Å²) < 4.78 is 21.7. The van der Waals surface area contributed by atoms with Crippen LogP contribution in [0.3, 0.4) is 0 Å². The maximum absolute atomic E-state index is 6.26. The third-order valence-electron chi connectivity index (χ3n) is 3.07. The lowest BCUT2D eigenvalue weighted by Crippen LogP contribution is -2.38. The van der Waals surface area contributed by atoms with Gasteiger partial charge in [-0.05, 0) is 6.07 Å². The van der Waals surface area contributed by atoms with Gasteiger partial charge in [-0.1, -0.05) is 18.2 Å². The second-order valence-electron chi connectivity index (χ2n) is 4.39. The average molecular weight is 267 g/mol. The lowest BCUT2D eigenvalue weighted by molar-refractivity contribution is -0.0977. The summed E-state index contributed by atoms with van der Waals surface area (Å²) in [6, 6.07) is 7.50. The summed E-state index contributed by atoms with van der Waals surface area (Å²) in [7, 11) is 1.65. The number of rotatable bonds is 6. The number of methoxy groups -OCH3 is 1. The van der Waals surface area contributed by atoms with Gasteiger partial charge < -0.3 is 24.7 Å². The fourth-order valence-corrected chi connectivity index (χ4v) is 2.04. The van der Waals surface area contributed by atoms with Gasteiger partial charge in [0.2, 0.25) is 0 Å². The van der Waals surface area contributed by atoms with E-state index >= 15 is 0 Å². The van der Waals surface area contributed by atoms with Crippen LogP contribution in [0.25, 0.3) is 0 Å². The molecule has 1 aliphatic heterocycles. The standard InChI is InChI=1S/C14H21NO4/c1-16-6-8-18-12-5-3-2-4-11(12)14(15)13-10-17-7-9-19-13/h2-5,13-14H,6-10,15H2,1H3. The Morgan fingerprint density at radius 2 is 2.16 bits per heavy atom. The van der Waals surface area contributed by atoms with Crippen molar-refractivity contribution in [3.8, 4) is 5.75 Å². The van der Waals surface area contributed by atoms with Crippen LogP contribution in [0.4, 0.5) is 0 Å². The first kappa shape index (κ1) is 14.3. The molecule has 1 aliphatic rings. The zero-order chi connectivity index (χ0) is 13.5. The molecule has 19 heavy (non-hydrogen) atoms. The molecule has 1 fully saturated rings. The van der Waals surface area contributed by atoms with Gasteiger partial charge in [-0.15, -0.1) is 0 Å². The average Bonchev–Trinajstić information content (AvgIpc) is 2.48. The molecule has 2 unspecified atom stereocenters. The van der Waals surface area contributed by atoms with Gasteiger partial charge in [0.1, 0.15) is 18.5 Å². The normalized spacial score (nSPS) is 21.1. The second kappa shape index (κ2) is 7.45. The van der Waals surface area contributed by atoms with E-state index in [-0.39, 0.29) is 12.1 Å². The van der Waals surface area contributed by atoms with Gasteiger partial charge in [-0.25, -0.2) is 0 Å². The van der Waals surface area contributed by atoms with Crippen LogP contribution >= 0.6 is 0 Å². The molecule has 0 spiro atoms. The fraction of sp³-hybridized carbons (Fsp3) is 0.571. The smallest absolute Gasteiger partial charge is 0.124 e. The third-order valence-corrected chi connectivity index (χ3v) is 3.07. The maximum atomic E-state index is 6.26. The number of hydrogen-bond donors (Lipinski definition) is 1. The number of ether oxygens (including phenoxy) is 4. The molecule has 0 radical (unpaired) electrons. The zero-order valence-corrected chi connectivity index (χ0v) is 11.2. The molecule has 106 valence electrons. The molecule has 1 aromatic carbocycles. The van der Waals surface area contributed by atoms with E-state index in [0.717, 1.165) is 11.3 Å². The highest BCUT2D eigenvalue weighted by Gasteiger charge is 2.25. The molecule has 1 aromatic rings. The molecule has 1 heterocycles. The van der Waals surface area contributed by atoms with E-state index in [4.69, 9.17) is 24.7 Å². The fourth-order valence-electron chi connectivity index (χ4n) is 2.04. The predicted molar refractivity (Wildman–Crippen MR) is 71.3 cm³/mol. The first-order chi connectivity index (χ1) is 9.33. The van der Waals surface area contributed by atoms with Crippen LogP contribution in [0, 0.1) is 0 Å². The molecule has 2 N–H and O–H groups in total. The molecule has 0 bridgehead atoms. The van der Waals surface area contributed by atoms with Gasteiger partial charge in [-0.3, -0.25) is 0 Å². The third kappa shape index (κ3) is 3.91. The summed E-state index contributed by atoms with van der Waals surface area (Å²) in [5.41, 5.74) is 7.20. The number of benzene rings is 1. The van der Waals surface area contributed by atoms with Gasteiger partial charge in [0.15, 0.2) is 0 Å². The largest absolute Gasteiger partial charge is 0.491 e. The lowest BCUT2D eigenvalue weighted by atomic mass is 10.0. The molecule has 2 atom stereocenters.